The summed E-state index contributed by atoms with van der Waals surface area (Å²) in [6.45, 7) is 2.30. The number of carboxylic acids is 1. The maximum absolute atomic E-state index is 12.4. The number of benzene rings is 1. The molecule has 102 valence electrons. The fourth-order valence-electron chi connectivity index (χ4n) is 2.08. The Morgan fingerprint density at radius 3 is 2.79 bits per heavy atom. The van der Waals surface area contributed by atoms with Crippen LogP contribution in [-0.4, -0.2) is 46.0 Å². The molecule has 0 aliphatic carbocycles. The number of thioether (sulfide) groups is 1. The lowest BCUT2D eigenvalue weighted by Crippen LogP contribution is -2.50. The van der Waals surface area contributed by atoms with Crippen LogP contribution >= 0.6 is 23.4 Å². The van der Waals surface area contributed by atoms with Gasteiger partial charge in [-0.15, -0.1) is 0 Å². The van der Waals surface area contributed by atoms with Gasteiger partial charge < -0.3 is 10.0 Å². The number of hydrogen-bond donors (Lipinski definition) is 1. The van der Waals surface area contributed by atoms with E-state index in [1.54, 1.807) is 30.0 Å². The summed E-state index contributed by atoms with van der Waals surface area (Å²) >= 11 is 7.49. The van der Waals surface area contributed by atoms with Gasteiger partial charge >= 0.3 is 5.97 Å². The summed E-state index contributed by atoms with van der Waals surface area (Å²) in [5.74, 6) is -0.0343. The highest BCUT2D eigenvalue weighted by atomic mass is 35.5. The quantitative estimate of drug-likeness (QED) is 0.910. The van der Waals surface area contributed by atoms with Crippen molar-refractivity contribution in [1.29, 1.82) is 0 Å². The van der Waals surface area contributed by atoms with E-state index >= 15 is 0 Å². The van der Waals surface area contributed by atoms with E-state index in [0.29, 0.717) is 22.9 Å². The highest BCUT2D eigenvalue weighted by Crippen LogP contribution is 2.21. The zero-order valence-electron chi connectivity index (χ0n) is 10.4. The zero-order chi connectivity index (χ0) is 14.0. The van der Waals surface area contributed by atoms with Crippen molar-refractivity contribution < 1.29 is 14.7 Å². The number of halogens is 1. The van der Waals surface area contributed by atoms with Crippen molar-refractivity contribution >= 4 is 35.2 Å². The predicted molar refractivity (Wildman–Crippen MR) is 76.0 cm³/mol. The first-order valence-corrected chi connectivity index (χ1v) is 7.41. The summed E-state index contributed by atoms with van der Waals surface area (Å²) in [4.78, 5) is 25.0. The van der Waals surface area contributed by atoms with E-state index in [2.05, 4.69) is 0 Å². The third kappa shape index (κ3) is 3.22. The van der Waals surface area contributed by atoms with Crippen molar-refractivity contribution in [3.05, 3.63) is 34.3 Å². The first kappa shape index (κ1) is 14.2. The Kier molecular flexibility index (Phi) is 4.37. The highest BCUT2D eigenvalue weighted by molar-refractivity contribution is 7.99. The zero-order valence-corrected chi connectivity index (χ0v) is 12.0. The Morgan fingerprint density at radius 2 is 2.16 bits per heavy atom. The van der Waals surface area contributed by atoms with E-state index in [-0.39, 0.29) is 5.91 Å². The number of carboxylic acid groups (broad SMARTS) is 1. The van der Waals surface area contributed by atoms with E-state index in [4.69, 9.17) is 11.6 Å². The predicted octanol–water partition coefficient (Wildman–Crippen LogP) is 2.29. The Bertz CT molecular complexity index is 500. The fourth-order valence-corrected chi connectivity index (χ4v) is 3.40. The van der Waals surface area contributed by atoms with E-state index in [1.807, 2.05) is 6.92 Å². The SMILES string of the molecule is Cc1cc(Cl)cc(C(=O)N2CCSCC2C(=O)O)c1. The summed E-state index contributed by atoms with van der Waals surface area (Å²) in [5.41, 5.74) is 1.33. The van der Waals surface area contributed by atoms with Crippen molar-refractivity contribution in [3.63, 3.8) is 0 Å². The summed E-state index contributed by atoms with van der Waals surface area (Å²) in [5, 5.41) is 9.67. The van der Waals surface area contributed by atoms with Gasteiger partial charge in [-0.05, 0) is 30.7 Å². The normalized spacial score (nSPS) is 19.3. The van der Waals surface area contributed by atoms with Crippen molar-refractivity contribution in [1.82, 2.24) is 4.90 Å². The molecule has 1 atom stereocenters. The van der Waals surface area contributed by atoms with Crippen LogP contribution in [0.4, 0.5) is 0 Å². The molecular formula is C13H14ClNO3S. The molecule has 1 heterocycles. The number of aryl methyl sites for hydroxylation is 1. The lowest BCUT2D eigenvalue weighted by Gasteiger charge is -2.32. The molecule has 0 spiro atoms. The number of aliphatic carboxylic acids is 1. The first-order valence-electron chi connectivity index (χ1n) is 5.88. The molecule has 1 fully saturated rings. The second-order valence-corrected chi connectivity index (χ2v) is 6.03. The summed E-state index contributed by atoms with van der Waals surface area (Å²) in [6, 6.07) is 4.32. The lowest BCUT2D eigenvalue weighted by molar-refractivity contribution is -0.141. The second kappa shape index (κ2) is 5.84. The number of nitrogens with zero attached hydrogens (tertiary/aromatic N) is 1. The van der Waals surface area contributed by atoms with Crippen LogP contribution in [0.1, 0.15) is 15.9 Å². The standard InChI is InChI=1S/C13H14ClNO3S/c1-8-4-9(6-10(14)5-8)12(16)15-2-3-19-7-11(15)13(17)18/h4-6,11H,2-3,7H2,1H3,(H,17,18). The molecule has 2 rings (SSSR count). The second-order valence-electron chi connectivity index (χ2n) is 4.44. The minimum atomic E-state index is -0.959. The molecule has 4 nitrogen and oxygen atoms in total. The van der Waals surface area contributed by atoms with E-state index in [0.717, 1.165) is 11.3 Å². The summed E-state index contributed by atoms with van der Waals surface area (Å²) < 4.78 is 0. The molecule has 0 saturated carbocycles. The van der Waals surface area contributed by atoms with Gasteiger partial charge in [-0.1, -0.05) is 11.6 Å². The van der Waals surface area contributed by atoms with Crippen LogP contribution < -0.4 is 0 Å². The number of carbonyl (C=O) groups is 2. The molecule has 1 aromatic rings. The van der Waals surface area contributed by atoms with Gasteiger partial charge in [-0.2, -0.15) is 11.8 Å². The molecular weight excluding hydrogens is 286 g/mol. The van der Waals surface area contributed by atoms with Gasteiger partial charge in [0.15, 0.2) is 0 Å². The minimum absolute atomic E-state index is 0.265. The topological polar surface area (TPSA) is 57.6 Å². The maximum atomic E-state index is 12.4. The Hall–Kier alpha value is -1.20. The number of carbonyl (C=O) groups excluding carboxylic acids is 1. The van der Waals surface area contributed by atoms with Gasteiger partial charge in [-0.25, -0.2) is 4.79 Å². The van der Waals surface area contributed by atoms with Crippen LogP contribution in [0.3, 0.4) is 0 Å². The molecule has 1 amide bonds. The minimum Gasteiger partial charge on any atom is -0.480 e. The highest BCUT2D eigenvalue weighted by Gasteiger charge is 2.32. The van der Waals surface area contributed by atoms with Crippen molar-refractivity contribution in [2.75, 3.05) is 18.1 Å². The van der Waals surface area contributed by atoms with Crippen molar-refractivity contribution in [3.8, 4) is 0 Å². The van der Waals surface area contributed by atoms with E-state index in [1.165, 1.54) is 4.90 Å². The maximum Gasteiger partial charge on any atom is 0.327 e. The first-order chi connectivity index (χ1) is 8.99. The molecule has 1 saturated heterocycles. The average molecular weight is 300 g/mol. The molecule has 1 aliphatic rings. The molecule has 0 aromatic heterocycles. The van der Waals surface area contributed by atoms with Gasteiger partial charge in [0.2, 0.25) is 0 Å². The molecule has 0 radical (unpaired) electrons. The molecule has 1 aliphatic heterocycles. The Morgan fingerprint density at radius 1 is 1.42 bits per heavy atom. The summed E-state index contributed by atoms with van der Waals surface area (Å²) in [6.07, 6.45) is 0. The lowest BCUT2D eigenvalue weighted by atomic mass is 10.1. The van der Waals surface area contributed by atoms with Gasteiger partial charge in [0.05, 0.1) is 0 Å². The van der Waals surface area contributed by atoms with Gasteiger partial charge in [-0.3, -0.25) is 4.79 Å². The van der Waals surface area contributed by atoms with Crippen LogP contribution in [0, 0.1) is 6.92 Å². The van der Waals surface area contributed by atoms with Gasteiger partial charge in [0, 0.05) is 28.6 Å². The van der Waals surface area contributed by atoms with E-state index < -0.39 is 12.0 Å². The van der Waals surface area contributed by atoms with Crippen molar-refractivity contribution in [2.24, 2.45) is 0 Å². The van der Waals surface area contributed by atoms with E-state index in [9.17, 15) is 14.7 Å². The third-order valence-electron chi connectivity index (χ3n) is 2.96. The average Bonchev–Trinajstić information content (AvgIpc) is 2.36. The number of amides is 1. The molecule has 6 heteroatoms. The monoisotopic (exact) mass is 299 g/mol. The Labute approximate surface area is 120 Å². The van der Waals surface area contributed by atoms with Crippen LogP contribution in [0.15, 0.2) is 18.2 Å². The van der Waals surface area contributed by atoms with Crippen LogP contribution in [-0.2, 0) is 4.79 Å². The van der Waals surface area contributed by atoms with Crippen LogP contribution in [0.2, 0.25) is 5.02 Å². The van der Waals surface area contributed by atoms with Crippen molar-refractivity contribution in [2.45, 2.75) is 13.0 Å². The Balaban J connectivity index is 2.28. The molecule has 1 aromatic carbocycles. The van der Waals surface area contributed by atoms with Crippen LogP contribution in [0.5, 0.6) is 0 Å². The molecule has 1 N–H and O–H groups in total. The largest absolute Gasteiger partial charge is 0.480 e. The third-order valence-corrected chi connectivity index (χ3v) is 4.20. The van der Waals surface area contributed by atoms with Gasteiger partial charge in [0.1, 0.15) is 6.04 Å². The fraction of sp³-hybridized carbons (Fsp3) is 0.385. The summed E-state index contributed by atoms with van der Waals surface area (Å²) in [7, 11) is 0. The van der Waals surface area contributed by atoms with Crippen LogP contribution in [0.25, 0.3) is 0 Å². The molecule has 19 heavy (non-hydrogen) atoms. The van der Waals surface area contributed by atoms with Gasteiger partial charge in [0.25, 0.3) is 5.91 Å². The number of hydrogen-bond acceptors (Lipinski definition) is 3. The smallest absolute Gasteiger partial charge is 0.327 e. The number of rotatable bonds is 2. The molecule has 0 bridgehead atoms. The molecule has 1 unspecified atom stereocenters.